The summed E-state index contributed by atoms with van der Waals surface area (Å²) in [5, 5.41) is 0. The highest BCUT2D eigenvalue weighted by molar-refractivity contribution is 9.10. The van der Waals surface area contributed by atoms with Crippen LogP contribution in [0.5, 0.6) is 0 Å². The van der Waals surface area contributed by atoms with Gasteiger partial charge < -0.3 is 9.30 Å². The Balaban J connectivity index is 2.47. The van der Waals surface area contributed by atoms with Crippen molar-refractivity contribution in [3.63, 3.8) is 0 Å². The molecule has 0 bridgehead atoms. The monoisotopic (exact) mass is 362 g/mol. The summed E-state index contributed by atoms with van der Waals surface area (Å²) < 4.78 is 21.7. The first-order chi connectivity index (χ1) is 9.56. The van der Waals surface area contributed by atoms with Crippen molar-refractivity contribution in [3.8, 4) is 0 Å². The Kier molecular flexibility index (Phi) is 5.41. The Bertz CT molecular complexity index is 602. The summed E-state index contributed by atoms with van der Waals surface area (Å²) in [6, 6.07) is 3.20. The lowest BCUT2D eigenvalue weighted by Crippen LogP contribution is -2.18. The summed E-state index contributed by atoms with van der Waals surface area (Å²) in [5.41, 5.74) is 1.54. The van der Waals surface area contributed by atoms with Gasteiger partial charge in [0.15, 0.2) is 0 Å². The third-order valence-corrected chi connectivity index (χ3v) is 3.87. The van der Waals surface area contributed by atoms with Gasteiger partial charge in [0.1, 0.15) is 11.6 Å². The second kappa shape index (κ2) is 6.87. The van der Waals surface area contributed by atoms with E-state index in [1.54, 1.807) is 6.07 Å². The lowest BCUT2D eigenvalue weighted by molar-refractivity contribution is 0.0643. The summed E-state index contributed by atoms with van der Waals surface area (Å²) in [5.74, 6) is 1.03. The van der Waals surface area contributed by atoms with Crippen LogP contribution in [0, 0.1) is 5.82 Å². The summed E-state index contributed by atoms with van der Waals surface area (Å²) >= 11 is 9.05. The molecule has 0 saturated heterocycles. The molecule has 0 aliphatic heterocycles. The molecule has 1 aromatic heterocycles. The van der Waals surface area contributed by atoms with E-state index in [-0.39, 0.29) is 11.9 Å². The predicted octanol–water partition coefficient (Wildman–Crippen LogP) is 4.14. The number of rotatable bonds is 6. The van der Waals surface area contributed by atoms with E-state index in [9.17, 15) is 4.39 Å². The molecule has 0 aliphatic rings. The molecular formula is C14H17BrClFN2O. The minimum atomic E-state index is -0.308. The van der Waals surface area contributed by atoms with Crippen molar-refractivity contribution >= 4 is 38.6 Å². The van der Waals surface area contributed by atoms with Gasteiger partial charge >= 0.3 is 0 Å². The number of benzene rings is 1. The van der Waals surface area contributed by atoms with Crippen molar-refractivity contribution in [2.45, 2.75) is 32.9 Å². The average molecular weight is 364 g/mol. The number of hydrogen-bond donors (Lipinski definition) is 0. The number of hydrogen-bond acceptors (Lipinski definition) is 2. The number of nitrogens with zero attached hydrogens (tertiary/aromatic N) is 2. The van der Waals surface area contributed by atoms with Gasteiger partial charge in [-0.05, 0) is 35.8 Å². The third kappa shape index (κ3) is 3.32. The van der Waals surface area contributed by atoms with Gasteiger partial charge in [0.05, 0.1) is 28.2 Å². The number of ether oxygens (including phenoxy) is 1. The summed E-state index contributed by atoms with van der Waals surface area (Å²) in [4.78, 5) is 4.48. The molecule has 1 aromatic carbocycles. The fourth-order valence-corrected chi connectivity index (χ4v) is 2.74. The van der Waals surface area contributed by atoms with Crippen molar-refractivity contribution < 1.29 is 9.13 Å². The van der Waals surface area contributed by atoms with Gasteiger partial charge in [-0.1, -0.05) is 0 Å². The van der Waals surface area contributed by atoms with Crippen LogP contribution in [0.2, 0.25) is 0 Å². The third-order valence-electron chi connectivity index (χ3n) is 3.08. The second-order valence-corrected chi connectivity index (χ2v) is 5.83. The van der Waals surface area contributed by atoms with E-state index in [1.807, 2.05) is 13.8 Å². The van der Waals surface area contributed by atoms with Crippen LogP contribution in [0.15, 0.2) is 16.6 Å². The van der Waals surface area contributed by atoms with Gasteiger partial charge in [-0.15, -0.1) is 11.6 Å². The van der Waals surface area contributed by atoms with E-state index < -0.39 is 0 Å². The summed E-state index contributed by atoms with van der Waals surface area (Å²) in [6.07, 6.45) is 0.712. The molecule has 0 fully saturated rings. The number of alkyl halides is 1. The fourth-order valence-electron chi connectivity index (χ4n) is 2.24. The van der Waals surface area contributed by atoms with Crippen molar-refractivity contribution in [3.05, 3.63) is 28.2 Å². The quantitative estimate of drug-likeness (QED) is 0.721. The minimum absolute atomic E-state index is 0.0651. The van der Waals surface area contributed by atoms with Crippen molar-refractivity contribution in [2.75, 3.05) is 12.5 Å². The van der Waals surface area contributed by atoms with Crippen LogP contribution in [0.3, 0.4) is 0 Å². The zero-order chi connectivity index (χ0) is 14.7. The lowest BCUT2D eigenvalue weighted by Gasteiger charge is -2.15. The van der Waals surface area contributed by atoms with E-state index in [0.717, 1.165) is 11.3 Å². The Morgan fingerprint density at radius 2 is 2.25 bits per heavy atom. The fraction of sp³-hybridized carbons (Fsp3) is 0.500. The van der Waals surface area contributed by atoms with Crippen LogP contribution >= 0.6 is 27.5 Å². The van der Waals surface area contributed by atoms with Crippen LogP contribution in [0.4, 0.5) is 4.39 Å². The second-order valence-electron chi connectivity index (χ2n) is 4.60. The summed E-state index contributed by atoms with van der Waals surface area (Å²) in [6.45, 7) is 5.32. The first kappa shape index (κ1) is 15.7. The smallest absolute Gasteiger partial charge is 0.139 e. The topological polar surface area (TPSA) is 27.1 Å². The van der Waals surface area contributed by atoms with Gasteiger partial charge in [-0.3, -0.25) is 0 Å². The molecule has 0 amide bonds. The Morgan fingerprint density at radius 1 is 1.50 bits per heavy atom. The zero-order valence-corrected chi connectivity index (χ0v) is 13.8. The SMILES string of the molecule is CCOC(C)Cn1c(CCCl)nc2cc(F)c(Br)cc21. The Hall–Kier alpha value is -0.650. The molecule has 1 atom stereocenters. The van der Waals surface area contributed by atoms with Gasteiger partial charge in [0.2, 0.25) is 0 Å². The maximum atomic E-state index is 13.6. The van der Waals surface area contributed by atoms with Crippen LogP contribution < -0.4 is 0 Å². The zero-order valence-electron chi connectivity index (χ0n) is 11.5. The Labute approximate surface area is 131 Å². The Morgan fingerprint density at radius 3 is 2.90 bits per heavy atom. The van der Waals surface area contributed by atoms with Crippen LogP contribution in [0.1, 0.15) is 19.7 Å². The first-order valence-electron chi connectivity index (χ1n) is 6.58. The average Bonchev–Trinajstić information content (AvgIpc) is 2.69. The van der Waals surface area contributed by atoms with Gasteiger partial charge in [-0.2, -0.15) is 0 Å². The number of aryl methyl sites for hydroxylation is 1. The molecule has 0 N–H and O–H groups in total. The van der Waals surface area contributed by atoms with E-state index >= 15 is 0 Å². The number of aromatic nitrogens is 2. The first-order valence-corrected chi connectivity index (χ1v) is 7.91. The normalized spacial score (nSPS) is 13.1. The highest BCUT2D eigenvalue weighted by Crippen LogP contribution is 2.25. The van der Waals surface area contributed by atoms with E-state index in [1.165, 1.54) is 6.07 Å². The maximum absolute atomic E-state index is 13.6. The van der Waals surface area contributed by atoms with Crippen molar-refractivity contribution in [1.82, 2.24) is 9.55 Å². The van der Waals surface area contributed by atoms with E-state index in [4.69, 9.17) is 16.3 Å². The van der Waals surface area contributed by atoms with Crippen LogP contribution in [-0.4, -0.2) is 28.1 Å². The molecule has 20 heavy (non-hydrogen) atoms. The standard InChI is InChI=1S/C14H17BrClFN2O/c1-3-20-9(2)8-19-13-6-10(15)11(17)7-12(13)18-14(19)4-5-16/h6-7,9H,3-5,8H2,1-2H3. The molecule has 3 nitrogen and oxygen atoms in total. The largest absolute Gasteiger partial charge is 0.377 e. The maximum Gasteiger partial charge on any atom is 0.139 e. The summed E-state index contributed by atoms with van der Waals surface area (Å²) in [7, 11) is 0. The van der Waals surface area contributed by atoms with Gasteiger partial charge in [0, 0.05) is 25.0 Å². The molecule has 0 radical (unpaired) electrons. The molecule has 1 heterocycles. The molecular weight excluding hydrogens is 347 g/mol. The van der Waals surface area contributed by atoms with Crippen LogP contribution in [-0.2, 0) is 17.7 Å². The van der Waals surface area contributed by atoms with Crippen LogP contribution in [0.25, 0.3) is 11.0 Å². The molecule has 0 saturated carbocycles. The molecule has 110 valence electrons. The molecule has 0 spiro atoms. The molecule has 0 aliphatic carbocycles. The van der Waals surface area contributed by atoms with Crippen molar-refractivity contribution in [1.29, 1.82) is 0 Å². The van der Waals surface area contributed by atoms with E-state index in [0.29, 0.717) is 35.4 Å². The number of imidazole rings is 1. The predicted molar refractivity (Wildman–Crippen MR) is 82.9 cm³/mol. The highest BCUT2D eigenvalue weighted by Gasteiger charge is 2.15. The van der Waals surface area contributed by atoms with Gasteiger partial charge in [-0.25, -0.2) is 9.37 Å². The van der Waals surface area contributed by atoms with E-state index in [2.05, 4.69) is 25.5 Å². The molecule has 2 aromatic rings. The number of halogens is 3. The minimum Gasteiger partial charge on any atom is -0.377 e. The molecule has 6 heteroatoms. The lowest BCUT2D eigenvalue weighted by atomic mass is 10.3. The number of fused-ring (bicyclic) bond motifs is 1. The highest BCUT2D eigenvalue weighted by atomic mass is 79.9. The van der Waals surface area contributed by atoms with Gasteiger partial charge in [0.25, 0.3) is 0 Å². The molecule has 2 rings (SSSR count). The van der Waals surface area contributed by atoms with Crippen molar-refractivity contribution in [2.24, 2.45) is 0 Å². The molecule has 1 unspecified atom stereocenters.